The molecule has 0 amide bonds. The molecule has 2 nitrogen and oxygen atoms in total. The molecule has 1 saturated carbocycles. The van der Waals surface area contributed by atoms with Crippen molar-refractivity contribution >= 4 is 11.3 Å². The van der Waals surface area contributed by atoms with Crippen LogP contribution in [0.2, 0.25) is 0 Å². The van der Waals surface area contributed by atoms with Gasteiger partial charge in [-0.15, -0.1) is 11.3 Å². The lowest BCUT2D eigenvalue weighted by molar-refractivity contribution is 0.223. The molecule has 3 rings (SSSR count). The largest absolute Gasteiger partial charge is 0.490 e. The number of aliphatic hydroxyl groups excluding tert-OH is 1. The van der Waals surface area contributed by atoms with E-state index in [9.17, 15) is 5.11 Å². The number of hydrogen-bond acceptors (Lipinski definition) is 3. The van der Waals surface area contributed by atoms with E-state index >= 15 is 0 Å². The number of thiophene rings is 1. The number of hydrogen-bond donors (Lipinski definition) is 1. The Hall–Kier alpha value is -1.32. The van der Waals surface area contributed by atoms with Gasteiger partial charge in [0.25, 0.3) is 0 Å². The Morgan fingerprint density at radius 3 is 2.78 bits per heavy atom. The van der Waals surface area contributed by atoms with E-state index in [0.717, 1.165) is 29.0 Å². The van der Waals surface area contributed by atoms with Gasteiger partial charge in [-0.25, -0.2) is 0 Å². The topological polar surface area (TPSA) is 29.5 Å². The van der Waals surface area contributed by atoms with E-state index in [1.165, 1.54) is 4.88 Å². The van der Waals surface area contributed by atoms with E-state index in [-0.39, 0.29) is 0 Å². The Labute approximate surface area is 111 Å². The summed E-state index contributed by atoms with van der Waals surface area (Å²) in [4.78, 5) is 2.20. The van der Waals surface area contributed by atoms with Crippen LogP contribution in [-0.2, 0) is 0 Å². The van der Waals surface area contributed by atoms with Gasteiger partial charge in [-0.1, -0.05) is 12.1 Å². The molecule has 1 aromatic carbocycles. The van der Waals surface area contributed by atoms with E-state index in [0.29, 0.717) is 6.10 Å². The van der Waals surface area contributed by atoms with Crippen molar-refractivity contribution in [3.63, 3.8) is 0 Å². The summed E-state index contributed by atoms with van der Waals surface area (Å²) in [5.74, 6) is 0.863. The van der Waals surface area contributed by atoms with E-state index in [4.69, 9.17) is 4.74 Å². The summed E-state index contributed by atoms with van der Waals surface area (Å²) in [6.07, 6.45) is 2.14. The quantitative estimate of drug-likeness (QED) is 0.908. The van der Waals surface area contributed by atoms with Crippen molar-refractivity contribution in [1.82, 2.24) is 0 Å². The van der Waals surface area contributed by atoms with E-state index in [1.807, 2.05) is 43.3 Å². The zero-order valence-electron chi connectivity index (χ0n) is 10.3. The van der Waals surface area contributed by atoms with Gasteiger partial charge in [0, 0.05) is 9.75 Å². The molecule has 0 saturated heterocycles. The second kappa shape index (κ2) is 4.75. The Bertz CT molecular complexity index is 543. The summed E-state index contributed by atoms with van der Waals surface area (Å²) in [7, 11) is 0. The Morgan fingerprint density at radius 1 is 1.28 bits per heavy atom. The highest BCUT2D eigenvalue weighted by Gasteiger charge is 2.23. The fourth-order valence-corrected chi connectivity index (χ4v) is 2.79. The van der Waals surface area contributed by atoms with Crippen molar-refractivity contribution in [1.29, 1.82) is 0 Å². The van der Waals surface area contributed by atoms with Gasteiger partial charge in [0.2, 0.25) is 0 Å². The van der Waals surface area contributed by atoms with Crippen molar-refractivity contribution < 1.29 is 9.84 Å². The first-order chi connectivity index (χ1) is 8.72. The zero-order valence-corrected chi connectivity index (χ0v) is 11.1. The first kappa shape index (κ1) is 11.8. The van der Waals surface area contributed by atoms with E-state index < -0.39 is 6.10 Å². The van der Waals surface area contributed by atoms with Crippen LogP contribution in [0.15, 0.2) is 36.4 Å². The molecule has 1 unspecified atom stereocenters. The molecule has 0 spiro atoms. The van der Waals surface area contributed by atoms with Crippen molar-refractivity contribution in [3.05, 3.63) is 51.7 Å². The van der Waals surface area contributed by atoms with Gasteiger partial charge in [-0.2, -0.15) is 0 Å². The van der Waals surface area contributed by atoms with Crippen molar-refractivity contribution in [2.24, 2.45) is 0 Å². The summed E-state index contributed by atoms with van der Waals surface area (Å²) in [6.45, 7) is 2.05. The third-order valence-corrected chi connectivity index (χ3v) is 4.08. The normalized spacial score (nSPS) is 16.6. The van der Waals surface area contributed by atoms with Crippen LogP contribution >= 0.6 is 11.3 Å². The van der Waals surface area contributed by atoms with Gasteiger partial charge < -0.3 is 9.84 Å². The molecular formula is C15H16O2S. The molecular weight excluding hydrogens is 244 g/mol. The van der Waals surface area contributed by atoms with Crippen molar-refractivity contribution in [3.8, 4) is 5.75 Å². The second-order valence-corrected chi connectivity index (χ2v) is 6.06. The van der Waals surface area contributed by atoms with Gasteiger partial charge in [0.1, 0.15) is 11.9 Å². The highest BCUT2D eigenvalue weighted by atomic mass is 32.1. The van der Waals surface area contributed by atoms with Crippen LogP contribution < -0.4 is 4.74 Å². The lowest BCUT2D eigenvalue weighted by atomic mass is 10.1. The van der Waals surface area contributed by atoms with Gasteiger partial charge >= 0.3 is 0 Å². The highest BCUT2D eigenvalue weighted by Crippen LogP contribution is 2.32. The SMILES string of the molecule is Cc1ccc(C(O)c2cccc(OC3CC3)c2)s1. The first-order valence-electron chi connectivity index (χ1n) is 6.23. The molecule has 1 heterocycles. The number of aliphatic hydroxyl groups is 1. The average molecular weight is 260 g/mol. The molecule has 1 aromatic heterocycles. The molecule has 0 bridgehead atoms. The molecule has 3 heteroatoms. The highest BCUT2D eigenvalue weighted by molar-refractivity contribution is 7.12. The van der Waals surface area contributed by atoms with Crippen LogP contribution in [0.4, 0.5) is 0 Å². The minimum Gasteiger partial charge on any atom is -0.490 e. The molecule has 94 valence electrons. The smallest absolute Gasteiger partial charge is 0.120 e. The fraction of sp³-hybridized carbons (Fsp3) is 0.333. The molecule has 1 aliphatic rings. The number of aryl methyl sites for hydroxylation is 1. The van der Waals surface area contributed by atoms with Crippen LogP contribution in [0, 0.1) is 6.92 Å². The predicted octanol–water partition coefficient (Wildman–Crippen LogP) is 3.68. The van der Waals surface area contributed by atoms with Gasteiger partial charge in [0.15, 0.2) is 0 Å². The maximum absolute atomic E-state index is 10.3. The fourth-order valence-electron chi connectivity index (χ4n) is 1.90. The van der Waals surface area contributed by atoms with E-state index in [2.05, 4.69) is 0 Å². The standard InChI is InChI=1S/C15H16O2S/c1-10-5-8-14(18-10)15(16)11-3-2-4-13(9-11)17-12-6-7-12/h2-5,8-9,12,15-16H,6-7H2,1H3. The van der Waals surface area contributed by atoms with Crippen LogP contribution in [0.25, 0.3) is 0 Å². The van der Waals surface area contributed by atoms with Crippen molar-refractivity contribution in [2.45, 2.75) is 32.0 Å². The first-order valence-corrected chi connectivity index (χ1v) is 7.05. The number of benzene rings is 1. The minimum absolute atomic E-state index is 0.390. The average Bonchev–Trinajstić information content (AvgIpc) is 3.08. The third kappa shape index (κ3) is 2.57. The van der Waals surface area contributed by atoms with Crippen molar-refractivity contribution in [2.75, 3.05) is 0 Å². The Kier molecular flexibility index (Phi) is 3.10. The lowest BCUT2D eigenvalue weighted by Crippen LogP contribution is -2.00. The summed E-state index contributed by atoms with van der Waals surface area (Å²) in [5, 5.41) is 10.3. The molecule has 0 radical (unpaired) electrons. The molecule has 1 atom stereocenters. The summed E-state index contributed by atoms with van der Waals surface area (Å²) in [6, 6.07) is 11.8. The number of ether oxygens (including phenoxy) is 1. The Balaban J connectivity index is 1.81. The molecule has 2 aromatic rings. The van der Waals surface area contributed by atoms with Gasteiger partial charge in [0.05, 0.1) is 6.10 Å². The van der Waals surface area contributed by atoms with Crippen LogP contribution in [0.1, 0.15) is 34.3 Å². The maximum atomic E-state index is 10.3. The molecule has 18 heavy (non-hydrogen) atoms. The minimum atomic E-state index is -0.550. The van der Waals surface area contributed by atoms with Crippen LogP contribution in [0.3, 0.4) is 0 Å². The van der Waals surface area contributed by atoms with E-state index in [1.54, 1.807) is 11.3 Å². The molecule has 1 aliphatic carbocycles. The van der Waals surface area contributed by atoms with Crippen LogP contribution in [0.5, 0.6) is 5.75 Å². The molecule has 1 N–H and O–H groups in total. The van der Waals surface area contributed by atoms with Crippen LogP contribution in [-0.4, -0.2) is 11.2 Å². The molecule has 0 aliphatic heterocycles. The third-order valence-electron chi connectivity index (χ3n) is 3.03. The predicted molar refractivity (Wildman–Crippen MR) is 73.2 cm³/mol. The Morgan fingerprint density at radius 2 is 2.11 bits per heavy atom. The summed E-state index contributed by atoms with van der Waals surface area (Å²) < 4.78 is 5.75. The zero-order chi connectivity index (χ0) is 12.5. The maximum Gasteiger partial charge on any atom is 0.120 e. The number of rotatable bonds is 4. The van der Waals surface area contributed by atoms with Gasteiger partial charge in [-0.3, -0.25) is 0 Å². The lowest BCUT2D eigenvalue weighted by Gasteiger charge is -2.11. The molecule has 1 fully saturated rings. The van der Waals surface area contributed by atoms with Gasteiger partial charge in [-0.05, 0) is 49.6 Å². The summed E-state index contributed by atoms with van der Waals surface area (Å²) in [5.41, 5.74) is 0.898. The second-order valence-electron chi connectivity index (χ2n) is 4.74. The monoisotopic (exact) mass is 260 g/mol. The summed E-state index contributed by atoms with van der Waals surface area (Å²) >= 11 is 1.63.